The molecule has 226 valence electrons. The number of carbonyl (C=O) groups excluding carboxylic acids is 1. The van der Waals surface area contributed by atoms with E-state index in [9.17, 15) is 13.2 Å². The fourth-order valence-electron chi connectivity index (χ4n) is 5.26. The third-order valence-corrected chi connectivity index (χ3v) is 8.77. The number of hydrogen-bond acceptors (Lipinski definition) is 10. The second-order valence-corrected chi connectivity index (χ2v) is 12.0. The fourth-order valence-corrected chi connectivity index (χ4v) is 6.33. The summed E-state index contributed by atoms with van der Waals surface area (Å²) in [5.41, 5.74) is 7.94. The number of aromatic nitrogens is 2. The average molecular weight is 615 g/mol. The lowest BCUT2D eigenvalue weighted by Gasteiger charge is -2.46. The monoisotopic (exact) mass is 614 g/mol. The molecular formula is C31H30N6O6S. The maximum atomic E-state index is 13.8. The third kappa shape index (κ3) is 5.87. The first kappa shape index (κ1) is 29.0. The molecular weight excluding hydrogens is 584 g/mol. The van der Waals surface area contributed by atoms with Crippen molar-refractivity contribution in [3.63, 3.8) is 0 Å². The van der Waals surface area contributed by atoms with Crippen molar-refractivity contribution in [1.82, 2.24) is 14.9 Å². The van der Waals surface area contributed by atoms with Gasteiger partial charge in [-0.3, -0.25) is 14.4 Å². The van der Waals surface area contributed by atoms with E-state index in [0.717, 1.165) is 5.76 Å². The Morgan fingerprint density at radius 1 is 0.955 bits per heavy atom. The van der Waals surface area contributed by atoms with E-state index in [4.69, 9.17) is 19.6 Å². The van der Waals surface area contributed by atoms with Crippen molar-refractivity contribution in [2.75, 3.05) is 30.8 Å². The van der Waals surface area contributed by atoms with Crippen molar-refractivity contribution >= 4 is 44.3 Å². The van der Waals surface area contributed by atoms with E-state index in [0.29, 0.717) is 46.9 Å². The Balaban J connectivity index is 1.33. The summed E-state index contributed by atoms with van der Waals surface area (Å²) in [5, 5.41) is 3.15. The van der Waals surface area contributed by atoms with Crippen molar-refractivity contribution in [3.05, 3.63) is 96.4 Å². The number of para-hydroxylation sites is 2. The van der Waals surface area contributed by atoms with Gasteiger partial charge in [-0.25, -0.2) is 18.4 Å². The zero-order valence-corrected chi connectivity index (χ0v) is 24.7. The van der Waals surface area contributed by atoms with Gasteiger partial charge in [-0.15, -0.1) is 0 Å². The maximum absolute atomic E-state index is 13.8. The first-order chi connectivity index (χ1) is 21.2. The molecule has 1 amide bonds. The molecule has 2 aromatic heterocycles. The second kappa shape index (κ2) is 11.9. The van der Waals surface area contributed by atoms with Gasteiger partial charge in [0.25, 0.3) is 10.0 Å². The number of likely N-dealkylation sites (tertiary alicyclic amines) is 1. The van der Waals surface area contributed by atoms with Crippen molar-refractivity contribution in [1.29, 1.82) is 0 Å². The molecule has 2 atom stereocenters. The van der Waals surface area contributed by atoms with Gasteiger partial charge < -0.3 is 24.9 Å². The van der Waals surface area contributed by atoms with Crippen molar-refractivity contribution in [2.24, 2.45) is 11.7 Å². The molecule has 1 aliphatic heterocycles. The molecule has 5 aromatic rings. The summed E-state index contributed by atoms with van der Waals surface area (Å²) >= 11 is 0. The van der Waals surface area contributed by atoms with Gasteiger partial charge in [0.15, 0.2) is 11.6 Å². The van der Waals surface area contributed by atoms with E-state index in [1.54, 1.807) is 66.9 Å². The summed E-state index contributed by atoms with van der Waals surface area (Å²) in [4.78, 5) is 23.5. The lowest BCUT2D eigenvalue weighted by atomic mass is 9.82. The molecule has 6 rings (SSSR count). The molecule has 12 nitrogen and oxygen atoms in total. The zero-order chi connectivity index (χ0) is 30.8. The van der Waals surface area contributed by atoms with Crippen LogP contribution in [-0.2, 0) is 21.4 Å². The predicted octanol–water partition coefficient (Wildman–Crippen LogP) is 4.44. The van der Waals surface area contributed by atoms with E-state index in [2.05, 4.69) is 20.0 Å². The van der Waals surface area contributed by atoms with Crippen LogP contribution in [0.5, 0.6) is 11.5 Å². The molecule has 1 saturated heterocycles. The van der Waals surface area contributed by atoms with Crippen LogP contribution in [-0.4, -0.2) is 50.0 Å². The molecule has 3 heterocycles. The van der Waals surface area contributed by atoms with Crippen molar-refractivity contribution in [3.8, 4) is 11.5 Å². The number of rotatable bonds is 11. The van der Waals surface area contributed by atoms with Crippen LogP contribution in [0.15, 0.2) is 94.4 Å². The molecule has 0 bridgehead atoms. The molecule has 44 heavy (non-hydrogen) atoms. The number of carbonyl (C=O) groups is 1. The maximum Gasteiger partial charge on any atom is 0.263 e. The van der Waals surface area contributed by atoms with Crippen molar-refractivity contribution < 1.29 is 27.1 Å². The van der Waals surface area contributed by atoms with E-state index in [1.807, 2.05) is 17.0 Å². The Bertz CT molecular complexity index is 1910. The number of sulfonamides is 1. The van der Waals surface area contributed by atoms with Gasteiger partial charge in [0.05, 0.1) is 48.9 Å². The summed E-state index contributed by atoms with van der Waals surface area (Å²) in [7, 11) is -1.09. The van der Waals surface area contributed by atoms with Gasteiger partial charge in [-0.2, -0.15) is 0 Å². The average Bonchev–Trinajstić information content (AvgIpc) is 3.52. The lowest BCUT2D eigenvalue weighted by Crippen LogP contribution is -2.54. The van der Waals surface area contributed by atoms with E-state index >= 15 is 0 Å². The Kier molecular flexibility index (Phi) is 7.80. The number of nitrogens with one attached hydrogen (secondary N) is 2. The summed E-state index contributed by atoms with van der Waals surface area (Å²) in [6.45, 7) is 0.889. The van der Waals surface area contributed by atoms with Gasteiger partial charge >= 0.3 is 0 Å². The molecule has 3 aromatic carbocycles. The first-order valence-corrected chi connectivity index (χ1v) is 15.2. The van der Waals surface area contributed by atoms with Gasteiger partial charge in [-0.05, 0) is 42.0 Å². The summed E-state index contributed by atoms with van der Waals surface area (Å²) in [6.07, 6.45) is 1.58. The quantitative estimate of drug-likeness (QED) is 0.194. The number of methoxy groups -OCH3 is 2. The highest BCUT2D eigenvalue weighted by molar-refractivity contribution is 7.92. The van der Waals surface area contributed by atoms with Crippen LogP contribution in [0.2, 0.25) is 0 Å². The minimum absolute atomic E-state index is 0.00556. The minimum Gasteiger partial charge on any atom is -0.497 e. The van der Waals surface area contributed by atoms with E-state index in [-0.39, 0.29) is 16.5 Å². The minimum atomic E-state index is -4.16. The smallest absolute Gasteiger partial charge is 0.263 e. The van der Waals surface area contributed by atoms with Gasteiger partial charge in [0.1, 0.15) is 17.3 Å². The van der Waals surface area contributed by atoms with Crippen LogP contribution in [0, 0.1) is 5.92 Å². The Morgan fingerprint density at radius 3 is 2.30 bits per heavy atom. The van der Waals surface area contributed by atoms with Crippen LogP contribution in [0.1, 0.15) is 17.4 Å². The number of hydrogen-bond donors (Lipinski definition) is 3. The standard InChI is InChI=1S/C31H30N6O6S/c1-41-22-14-20(15-23(16-22)42-2)33-30-31(35-27-11-4-3-10-26(27)34-30)36-44(39,40)24-9-5-7-19(13-24)28-25(29(32)38)18-37(28)17-21-8-6-12-43-21/h3-16,25,28H,17-18H2,1-2H3,(H2,32,38)(H,33,34)(H,35,36)/t25?,28-/m0/s1. The highest BCUT2D eigenvalue weighted by atomic mass is 32.2. The number of primary amides is 1. The number of fused-ring (bicyclic) bond motifs is 1. The number of nitrogens with two attached hydrogens (primary N) is 1. The first-order valence-electron chi connectivity index (χ1n) is 13.7. The Labute approximate surface area is 253 Å². The molecule has 0 radical (unpaired) electrons. The summed E-state index contributed by atoms with van der Waals surface area (Å²) in [5.74, 6) is 1.04. The topological polar surface area (TPSA) is 162 Å². The van der Waals surface area contributed by atoms with Gasteiger partial charge in [-0.1, -0.05) is 24.3 Å². The highest BCUT2D eigenvalue weighted by Gasteiger charge is 2.43. The molecule has 1 unspecified atom stereocenters. The van der Waals surface area contributed by atoms with Crippen LogP contribution in [0.25, 0.3) is 11.0 Å². The molecule has 1 fully saturated rings. The number of ether oxygens (including phenoxy) is 2. The normalized spacial score (nSPS) is 16.7. The van der Waals surface area contributed by atoms with E-state index in [1.165, 1.54) is 20.3 Å². The lowest BCUT2D eigenvalue weighted by molar-refractivity contribution is -0.132. The molecule has 1 aliphatic rings. The van der Waals surface area contributed by atoms with E-state index < -0.39 is 27.9 Å². The highest BCUT2D eigenvalue weighted by Crippen LogP contribution is 2.40. The number of benzene rings is 3. The van der Waals surface area contributed by atoms with Gasteiger partial charge in [0.2, 0.25) is 5.91 Å². The molecule has 0 spiro atoms. The van der Waals surface area contributed by atoms with Crippen LogP contribution < -0.4 is 25.2 Å². The zero-order valence-electron chi connectivity index (χ0n) is 23.9. The summed E-state index contributed by atoms with van der Waals surface area (Å²) < 4.78 is 46.5. The number of nitrogens with zero attached hydrogens (tertiary/aromatic N) is 3. The number of furan rings is 1. The number of amides is 1. The fraction of sp³-hybridized carbons (Fsp3) is 0.194. The summed E-state index contributed by atoms with van der Waals surface area (Å²) in [6, 6.07) is 22.0. The largest absolute Gasteiger partial charge is 0.497 e. The van der Waals surface area contributed by atoms with Crippen LogP contribution in [0.4, 0.5) is 17.3 Å². The van der Waals surface area contributed by atoms with Gasteiger partial charge in [0, 0.05) is 36.5 Å². The molecule has 0 aliphatic carbocycles. The third-order valence-electron chi connectivity index (χ3n) is 7.44. The van der Waals surface area contributed by atoms with Crippen LogP contribution >= 0.6 is 0 Å². The van der Waals surface area contributed by atoms with Crippen LogP contribution in [0.3, 0.4) is 0 Å². The SMILES string of the molecule is COc1cc(Nc2nc3ccccc3nc2NS(=O)(=O)c2cccc([C@H]3C(C(N)=O)CN3Cc3ccco3)c2)cc(OC)c1. The van der Waals surface area contributed by atoms with Crippen molar-refractivity contribution in [2.45, 2.75) is 17.5 Å². The molecule has 0 saturated carbocycles. The Hall–Kier alpha value is -5.14. The second-order valence-electron chi connectivity index (χ2n) is 10.3. The predicted molar refractivity (Wildman–Crippen MR) is 164 cm³/mol. The Morgan fingerprint density at radius 2 is 1.66 bits per heavy atom. The molecule has 13 heteroatoms. The number of anilines is 3. The molecule has 4 N–H and O–H groups in total.